The lowest BCUT2D eigenvalue weighted by Gasteiger charge is -2.34. The summed E-state index contributed by atoms with van der Waals surface area (Å²) in [5.41, 5.74) is 8.00. The third kappa shape index (κ3) is 3.18. The van der Waals surface area contributed by atoms with Crippen LogP contribution in [-0.2, 0) is 6.42 Å². The molecule has 1 unspecified atom stereocenters. The van der Waals surface area contributed by atoms with Crippen molar-refractivity contribution in [2.75, 3.05) is 24.5 Å². The van der Waals surface area contributed by atoms with E-state index in [9.17, 15) is 0 Å². The van der Waals surface area contributed by atoms with E-state index in [4.69, 9.17) is 17.3 Å². The molecule has 0 amide bonds. The van der Waals surface area contributed by atoms with E-state index in [2.05, 4.69) is 30.0 Å². The van der Waals surface area contributed by atoms with Gasteiger partial charge in [0, 0.05) is 23.8 Å². The lowest BCUT2D eigenvalue weighted by Crippen LogP contribution is -2.35. The summed E-state index contributed by atoms with van der Waals surface area (Å²) >= 11 is 6.32. The maximum absolute atomic E-state index is 6.32. The number of nitrogens with two attached hydrogens (primary N) is 1. The summed E-state index contributed by atoms with van der Waals surface area (Å²) in [6.45, 7) is 5.26. The average molecular weight is 267 g/mol. The second-order valence-corrected chi connectivity index (χ2v) is 5.58. The molecule has 0 aliphatic carbocycles. The van der Waals surface area contributed by atoms with E-state index >= 15 is 0 Å². The SMILES string of the molecule is CCC1CCCN(c2ccc(CCN)c(Cl)c2)C1. The fourth-order valence-corrected chi connectivity index (χ4v) is 2.99. The van der Waals surface area contributed by atoms with Gasteiger partial charge in [-0.25, -0.2) is 0 Å². The van der Waals surface area contributed by atoms with Gasteiger partial charge in [-0.1, -0.05) is 31.0 Å². The standard InChI is InChI=1S/C15H23ClN2/c1-2-12-4-3-9-18(11-12)14-6-5-13(7-8-17)15(16)10-14/h5-6,10,12H,2-4,7-9,11,17H2,1H3. The zero-order valence-electron chi connectivity index (χ0n) is 11.2. The molecular formula is C15H23ClN2. The monoisotopic (exact) mass is 266 g/mol. The van der Waals surface area contributed by atoms with Crippen molar-refractivity contribution in [1.29, 1.82) is 0 Å². The normalized spacial score (nSPS) is 20.2. The Bertz CT molecular complexity index is 392. The molecule has 1 saturated heterocycles. The molecule has 0 bridgehead atoms. The largest absolute Gasteiger partial charge is 0.371 e. The molecule has 0 aromatic heterocycles. The molecule has 100 valence electrons. The summed E-state index contributed by atoms with van der Waals surface area (Å²) in [5.74, 6) is 0.834. The highest BCUT2D eigenvalue weighted by Gasteiger charge is 2.19. The Labute approximate surface area is 115 Å². The number of hydrogen-bond acceptors (Lipinski definition) is 2. The smallest absolute Gasteiger partial charge is 0.0459 e. The van der Waals surface area contributed by atoms with Gasteiger partial charge in [0.15, 0.2) is 0 Å². The summed E-state index contributed by atoms with van der Waals surface area (Å²) in [7, 11) is 0. The van der Waals surface area contributed by atoms with E-state index in [1.54, 1.807) is 0 Å². The highest BCUT2D eigenvalue weighted by molar-refractivity contribution is 6.31. The number of benzene rings is 1. The van der Waals surface area contributed by atoms with Crippen molar-refractivity contribution in [2.45, 2.75) is 32.6 Å². The van der Waals surface area contributed by atoms with Gasteiger partial charge < -0.3 is 10.6 Å². The van der Waals surface area contributed by atoms with Crippen LogP contribution in [0.15, 0.2) is 18.2 Å². The van der Waals surface area contributed by atoms with Crippen molar-refractivity contribution in [3.05, 3.63) is 28.8 Å². The summed E-state index contributed by atoms with van der Waals surface area (Å²) < 4.78 is 0. The molecule has 0 spiro atoms. The molecule has 1 aromatic rings. The summed E-state index contributed by atoms with van der Waals surface area (Å²) in [6.07, 6.45) is 4.79. The van der Waals surface area contributed by atoms with Gasteiger partial charge in [0.2, 0.25) is 0 Å². The fraction of sp³-hybridized carbons (Fsp3) is 0.600. The first-order valence-electron chi connectivity index (χ1n) is 6.98. The van der Waals surface area contributed by atoms with E-state index < -0.39 is 0 Å². The Kier molecular flexibility index (Phi) is 4.90. The number of hydrogen-bond donors (Lipinski definition) is 1. The van der Waals surface area contributed by atoms with Crippen LogP contribution in [-0.4, -0.2) is 19.6 Å². The van der Waals surface area contributed by atoms with Crippen LogP contribution < -0.4 is 10.6 Å². The molecule has 2 N–H and O–H groups in total. The van der Waals surface area contributed by atoms with Crippen LogP contribution in [0.25, 0.3) is 0 Å². The van der Waals surface area contributed by atoms with Gasteiger partial charge >= 0.3 is 0 Å². The van der Waals surface area contributed by atoms with Crippen molar-refractivity contribution in [3.63, 3.8) is 0 Å². The van der Waals surface area contributed by atoms with Gasteiger partial charge in [0.1, 0.15) is 0 Å². The first-order valence-corrected chi connectivity index (χ1v) is 7.35. The molecule has 18 heavy (non-hydrogen) atoms. The molecule has 1 heterocycles. The fourth-order valence-electron chi connectivity index (χ4n) is 2.72. The third-order valence-corrected chi connectivity index (χ3v) is 4.26. The van der Waals surface area contributed by atoms with E-state index in [0.717, 1.165) is 29.5 Å². The number of halogens is 1. The molecule has 1 atom stereocenters. The van der Waals surface area contributed by atoms with E-state index in [1.165, 1.54) is 31.5 Å². The molecule has 1 aliphatic heterocycles. The second-order valence-electron chi connectivity index (χ2n) is 5.18. The minimum absolute atomic E-state index is 0.653. The molecular weight excluding hydrogens is 244 g/mol. The highest BCUT2D eigenvalue weighted by atomic mass is 35.5. The van der Waals surface area contributed by atoms with Crippen LogP contribution in [0.5, 0.6) is 0 Å². The molecule has 0 radical (unpaired) electrons. The van der Waals surface area contributed by atoms with Crippen LogP contribution in [0, 0.1) is 5.92 Å². The Morgan fingerprint density at radius 2 is 2.28 bits per heavy atom. The molecule has 1 fully saturated rings. The van der Waals surface area contributed by atoms with Crippen molar-refractivity contribution in [1.82, 2.24) is 0 Å². The summed E-state index contributed by atoms with van der Waals surface area (Å²) in [5, 5.41) is 0.858. The average Bonchev–Trinajstić information content (AvgIpc) is 2.41. The van der Waals surface area contributed by atoms with Crippen molar-refractivity contribution in [3.8, 4) is 0 Å². The Morgan fingerprint density at radius 3 is 2.94 bits per heavy atom. The number of piperidine rings is 1. The van der Waals surface area contributed by atoms with Crippen molar-refractivity contribution in [2.24, 2.45) is 11.7 Å². The van der Waals surface area contributed by atoms with E-state index in [-0.39, 0.29) is 0 Å². The third-order valence-electron chi connectivity index (χ3n) is 3.91. The summed E-state index contributed by atoms with van der Waals surface area (Å²) in [6, 6.07) is 6.42. The van der Waals surface area contributed by atoms with Gasteiger partial charge in [-0.05, 0) is 49.4 Å². The van der Waals surface area contributed by atoms with Gasteiger partial charge in [-0.3, -0.25) is 0 Å². The predicted octanol–water partition coefficient (Wildman–Crippen LogP) is 3.47. The van der Waals surface area contributed by atoms with Gasteiger partial charge in [0.25, 0.3) is 0 Å². The zero-order chi connectivity index (χ0) is 13.0. The van der Waals surface area contributed by atoms with Crippen LogP contribution >= 0.6 is 11.6 Å². The Hall–Kier alpha value is -0.730. The lowest BCUT2D eigenvalue weighted by molar-refractivity contribution is 0.405. The highest BCUT2D eigenvalue weighted by Crippen LogP contribution is 2.28. The van der Waals surface area contributed by atoms with Crippen LogP contribution in [0.3, 0.4) is 0 Å². The van der Waals surface area contributed by atoms with E-state index in [1.807, 2.05) is 0 Å². The van der Waals surface area contributed by atoms with Crippen LogP contribution in [0.4, 0.5) is 5.69 Å². The molecule has 1 aliphatic rings. The second kappa shape index (κ2) is 6.44. The molecule has 1 aromatic carbocycles. The summed E-state index contributed by atoms with van der Waals surface area (Å²) in [4.78, 5) is 2.47. The van der Waals surface area contributed by atoms with E-state index in [0.29, 0.717) is 6.54 Å². The van der Waals surface area contributed by atoms with Gasteiger partial charge in [-0.2, -0.15) is 0 Å². The molecule has 3 heteroatoms. The van der Waals surface area contributed by atoms with Crippen molar-refractivity contribution < 1.29 is 0 Å². The molecule has 2 rings (SSSR count). The quantitative estimate of drug-likeness (QED) is 0.904. The molecule has 0 saturated carbocycles. The Balaban J connectivity index is 2.10. The predicted molar refractivity (Wildman–Crippen MR) is 79.4 cm³/mol. The van der Waals surface area contributed by atoms with Crippen molar-refractivity contribution >= 4 is 17.3 Å². The number of rotatable bonds is 4. The van der Waals surface area contributed by atoms with Crippen LogP contribution in [0.2, 0.25) is 5.02 Å². The zero-order valence-corrected chi connectivity index (χ0v) is 11.9. The molecule has 2 nitrogen and oxygen atoms in total. The minimum Gasteiger partial charge on any atom is -0.371 e. The maximum atomic E-state index is 6.32. The Morgan fingerprint density at radius 1 is 1.44 bits per heavy atom. The number of nitrogens with zero attached hydrogens (tertiary/aromatic N) is 1. The van der Waals surface area contributed by atoms with Gasteiger partial charge in [-0.15, -0.1) is 0 Å². The first-order chi connectivity index (χ1) is 8.74. The van der Waals surface area contributed by atoms with Gasteiger partial charge in [0.05, 0.1) is 0 Å². The minimum atomic E-state index is 0.653. The topological polar surface area (TPSA) is 29.3 Å². The first kappa shape index (κ1) is 13.7. The number of anilines is 1. The maximum Gasteiger partial charge on any atom is 0.0459 e. The lowest BCUT2D eigenvalue weighted by atomic mass is 9.95. The van der Waals surface area contributed by atoms with Crippen LogP contribution in [0.1, 0.15) is 31.7 Å².